The lowest BCUT2D eigenvalue weighted by atomic mass is 9.88. The Morgan fingerprint density at radius 3 is 2.72 bits per heavy atom. The van der Waals surface area contributed by atoms with E-state index in [1.165, 1.54) is 34.7 Å². The Kier molecular flexibility index (Phi) is 3.85. The van der Waals surface area contributed by atoms with Crippen molar-refractivity contribution < 1.29 is 9.53 Å². The van der Waals surface area contributed by atoms with E-state index in [9.17, 15) is 4.79 Å². The van der Waals surface area contributed by atoms with Crippen LogP contribution in [0.3, 0.4) is 0 Å². The van der Waals surface area contributed by atoms with E-state index in [4.69, 9.17) is 4.74 Å². The molecule has 0 spiro atoms. The molecule has 4 rings (SSSR count). The minimum absolute atomic E-state index is 0.0548. The van der Waals surface area contributed by atoms with Gasteiger partial charge in [0.2, 0.25) is 0 Å². The molecule has 2 heterocycles. The first-order chi connectivity index (χ1) is 12.1. The second-order valence-electron chi connectivity index (χ2n) is 6.80. The molecule has 2 aromatic carbocycles. The van der Waals surface area contributed by atoms with Crippen molar-refractivity contribution in [2.24, 2.45) is 0 Å². The van der Waals surface area contributed by atoms with Gasteiger partial charge < -0.3 is 9.72 Å². The number of aryl methyl sites for hydroxylation is 2. The molecule has 0 amide bonds. The van der Waals surface area contributed by atoms with Crippen molar-refractivity contribution in [2.75, 3.05) is 7.11 Å². The van der Waals surface area contributed by atoms with Crippen LogP contribution < -0.4 is 5.32 Å². The van der Waals surface area contributed by atoms with Gasteiger partial charge in [-0.1, -0.05) is 42.0 Å². The zero-order valence-electron chi connectivity index (χ0n) is 14.7. The van der Waals surface area contributed by atoms with Gasteiger partial charge in [0.25, 0.3) is 0 Å². The zero-order chi connectivity index (χ0) is 17.6. The molecule has 0 radical (unpaired) electrons. The highest BCUT2D eigenvalue weighted by molar-refractivity contribution is 5.87. The number of fused-ring (bicyclic) bond motifs is 3. The summed E-state index contributed by atoms with van der Waals surface area (Å²) >= 11 is 0. The molecule has 1 aliphatic rings. The van der Waals surface area contributed by atoms with Crippen molar-refractivity contribution >= 4 is 16.9 Å². The van der Waals surface area contributed by atoms with Gasteiger partial charge in [-0.15, -0.1) is 0 Å². The summed E-state index contributed by atoms with van der Waals surface area (Å²) in [4.78, 5) is 15.8. The number of aromatic amines is 1. The fourth-order valence-electron chi connectivity index (χ4n) is 3.92. The highest BCUT2D eigenvalue weighted by Gasteiger charge is 2.34. The SMILES string of the molecule is COC(=O)C1Cc2c([nH]c3ccccc23)C(c2ccc(C)cc2C)N1. The summed E-state index contributed by atoms with van der Waals surface area (Å²) in [7, 11) is 1.45. The molecule has 128 valence electrons. The van der Waals surface area contributed by atoms with Crippen LogP contribution in [0.4, 0.5) is 0 Å². The molecule has 0 bridgehead atoms. The van der Waals surface area contributed by atoms with Gasteiger partial charge in [-0.3, -0.25) is 10.1 Å². The summed E-state index contributed by atoms with van der Waals surface area (Å²) in [6, 6.07) is 14.3. The Balaban J connectivity index is 1.90. The quantitative estimate of drug-likeness (QED) is 0.705. The third-order valence-electron chi connectivity index (χ3n) is 5.13. The number of hydrogen-bond donors (Lipinski definition) is 2. The average Bonchev–Trinajstić information content (AvgIpc) is 2.99. The number of methoxy groups -OCH3 is 1. The lowest BCUT2D eigenvalue weighted by Gasteiger charge is -2.31. The first-order valence-electron chi connectivity index (χ1n) is 8.59. The summed E-state index contributed by atoms with van der Waals surface area (Å²) in [6.07, 6.45) is 0.632. The minimum atomic E-state index is -0.345. The molecular weight excluding hydrogens is 312 g/mol. The van der Waals surface area contributed by atoms with E-state index in [-0.39, 0.29) is 18.1 Å². The Bertz CT molecular complexity index is 958. The van der Waals surface area contributed by atoms with Gasteiger partial charge >= 0.3 is 5.97 Å². The molecule has 0 fully saturated rings. The van der Waals surface area contributed by atoms with Gasteiger partial charge in [0.05, 0.1) is 13.2 Å². The van der Waals surface area contributed by atoms with E-state index < -0.39 is 0 Å². The number of aromatic nitrogens is 1. The first-order valence-corrected chi connectivity index (χ1v) is 8.59. The number of para-hydroxylation sites is 1. The molecule has 1 aliphatic heterocycles. The van der Waals surface area contributed by atoms with Gasteiger partial charge in [-0.05, 0) is 36.6 Å². The Morgan fingerprint density at radius 1 is 1.16 bits per heavy atom. The van der Waals surface area contributed by atoms with Crippen LogP contribution >= 0.6 is 0 Å². The maximum Gasteiger partial charge on any atom is 0.323 e. The third kappa shape index (κ3) is 2.63. The van der Waals surface area contributed by atoms with Crippen molar-refractivity contribution in [1.82, 2.24) is 10.3 Å². The molecule has 2 N–H and O–H groups in total. The molecule has 25 heavy (non-hydrogen) atoms. The van der Waals surface area contributed by atoms with Crippen LogP contribution in [0.15, 0.2) is 42.5 Å². The highest BCUT2D eigenvalue weighted by Crippen LogP contribution is 2.36. The van der Waals surface area contributed by atoms with Crippen LogP contribution in [0.1, 0.15) is 34.0 Å². The number of hydrogen-bond acceptors (Lipinski definition) is 3. The summed E-state index contributed by atoms with van der Waals surface area (Å²) in [6.45, 7) is 4.21. The van der Waals surface area contributed by atoms with Crippen LogP contribution in [-0.2, 0) is 16.0 Å². The van der Waals surface area contributed by atoms with Gasteiger partial charge in [0.15, 0.2) is 0 Å². The number of H-pyrrole nitrogens is 1. The maximum atomic E-state index is 12.3. The lowest BCUT2D eigenvalue weighted by Crippen LogP contribution is -2.45. The van der Waals surface area contributed by atoms with Gasteiger partial charge in [0.1, 0.15) is 6.04 Å². The summed E-state index contributed by atoms with van der Waals surface area (Å²) < 4.78 is 5.02. The average molecular weight is 334 g/mol. The molecule has 3 aromatic rings. The largest absolute Gasteiger partial charge is 0.468 e. The molecular formula is C21H22N2O2. The predicted molar refractivity (Wildman–Crippen MR) is 98.7 cm³/mol. The highest BCUT2D eigenvalue weighted by atomic mass is 16.5. The van der Waals surface area contributed by atoms with Crippen molar-refractivity contribution in [3.05, 3.63) is 70.4 Å². The second-order valence-corrected chi connectivity index (χ2v) is 6.80. The Hall–Kier alpha value is -2.59. The fourth-order valence-corrected chi connectivity index (χ4v) is 3.92. The van der Waals surface area contributed by atoms with E-state index in [1.807, 2.05) is 12.1 Å². The number of carbonyl (C=O) groups is 1. The molecule has 0 aliphatic carbocycles. The fraction of sp³-hybridized carbons (Fsp3) is 0.286. The monoisotopic (exact) mass is 334 g/mol. The molecule has 4 nitrogen and oxygen atoms in total. The van der Waals surface area contributed by atoms with E-state index in [2.05, 4.69) is 54.5 Å². The first kappa shape index (κ1) is 15.9. The van der Waals surface area contributed by atoms with Crippen LogP contribution in [0, 0.1) is 13.8 Å². The smallest absolute Gasteiger partial charge is 0.323 e. The molecule has 2 unspecified atom stereocenters. The molecule has 2 atom stereocenters. The lowest BCUT2D eigenvalue weighted by molar-refractivity contribution is -0.143. The minimum Gasteiger partial charge on any atom is -0.468 e. The van der Waals surface area contributed by atoms with Crippen LogP contribution in [-0.4, -0.2) is 24.1 Å². The third-order valence-corrected chi connectivity index (χ3v) is 5.13. The number of rotatable bonds is 2. The number of benzene rings is 2. The van der Waals surface area contributed by atoms with Crippen LogP contribution in [0.5, 0.6) is 0 Å². The molecule has 4 heteroatoms. The maximum absolute atomic E-state index is 12.3. The van der Waals surface area contributed by atoms with Crippen molar-refractivity contribution in [1.29, 1.82) is 0 Å². The normalized spacial score (nSPS) is 19.6. The van der Waals surface area contributed by atoms with Crippen LogP contribution in [0.2, 0.25) is 0 Å². The van der Waals surface area contributed by atoms with Crippen molar-refractivity contribution in [3.8, 4) is 0 Å². The Labute approximate surface area is 147 Å². The van der Waals surface area contributed by atoms with Crippen molar-refractivity contribution in [3.63, 3.8) is 0 Å². The standard InChI is InChI=1S/C21H22N2O2/c1-12-8-9-14(13(2)10-12)19-20-16(11-18(23-19)21(24)25-3)15-6-4-5-7-17(15)22-20/h4-10,18-19,22-23H,11H2,1-3H3. The summed E-state index contributed by atoms with van der Waals surface area (Å²) in [5, 5.41) is 4.68. The molecule has 0 saturated carbocycles. The van der Waals surface area contributed by atoms with Gasteiger partial charge in [0, 0.05) is 23.0 Å². The van der Waals surface area contributed by atoms with E-state index >= 15 is 0 Å². The topological polar surface area (TPSA) is 54.1 Å². The van der Waals surface area contributed by atoms with E-state index in [1.54, 1.807) is 0 Å². The van der Waals surface area contributed by atoms with E-state index in [0.717, 1.165) is 11.2 Å². The van der Waals surface area contributed by atoms with E-state index in [0.29, 0.717) is 6.42 Å². The van der Waals surface area contributed by atoms with Gasteiger partial charge in [-0.2, -0.15) is 0 Å². The Morgan fingerprint density at radius 2 is 1.96 bits per heavy atom. The second kappa shape index (κ2) is 6.05. The zero-order valence-corrected chi connectivity index (χ0v) is 14.7. The van der Waals surface area contributed by atoms with Crippen molar-refractivity contribution in [2.45, 2.75) is 32.4 Å². The predicted octanol–water partition coefficient (Wildman–Crippen LogP) is 3.56. The number of carbonyl (C=O) groups excluding carboxylic acids is 1. The van der Waals surface area contributed by atoms with Crippen LogP contribution in [0.25, 0.3) is 10.9 Å². The number of ether oxygens (including phenoxy) is 1. The number of esters is 1. The summed E-state index contributed by atoms with van der Waals surface area (Å²) in [5.74, 6) is -0.217. The molecule has 0 saturated heterocycles. The molecule has 1 aromatic heterocycles. The number of nitrogens with one attached hydrogen (secondary N) is 2. The van der Waals surface area contributed by atoms with Gasteiger partial charge in [-0.25, -0.2) is 0 Å². The summed E-state index contributed by atoms with van der Waals surface area (Å²) in [5.41, 5.74) is 7.09.